The maximum absolute atomic E-state index is 8.66. The van der Waals surface area contributed by atoms with Crippen molar-refractivity contribution in [1.29, 1.82) is 0 Å². The summed E-state index contributed by atoms with van der Waals surface area (Å²) in [4.78, 5) is 0. The number of rotatable bonds is 2. The Hall–Kier alpha value is -1.53. The van der Waals surface area contributed by atoms with Crippen LogP contribution in [0.1, 0.15) is 17.0 Å². The van der Waals surface area contributed by atoms with Crippen molar-refractivity contribution in [3.8, 4) is 5.69 Å². The van der Waals surface area contributed by atoms with Crippen molar-refractivity contribution in [3.05, 3.63) is 44.6 Å². The summed E-state index contributed by atoms with van der Waals surface area (Å²) in [6, 6.07) is 5.23. The van der Waals surface area contributed by atoms with E-state index in [9.17, 15) is 0 Å². The molecule has 0 aliphatic heterocycles. The van der Waals surface area contributed by atoms with E-state index in [2.05, 4.69) is 26.2 Å². The summed E-state index contributed by atoms with van der Waals surface area (Å²) in [7, 11) is 0. The predicted molar refractivity (Wildman–Crippen MR) is 78.3 cm³/mol. The van der Waals surface area contributed by atoms with Crippen molar-refractivity contribution in [2.24, 2.45) is 10.9 Å². The average Bonchev–Trinajstić information content (AvgIpc) is 2.65. The molecule has 0 amide bonds. The standard InChI is InChI=1S/C12H12BrClN4O/c1-6-11(13)7(2)18(16-6)8-3-4-9(10(14)5-8)12(15)17-19/h3-5,19H,1-2H3,(H2,15,17). The number of amidine groups is 1. The summed E-state index contributed by atoms with van der Waals surface area (Å²) in [5.41, 5.74) is 8.69. The third-order valence-electron chi connectivity index (χ3n) is 2.78. The van der Waals surface area contributed by atoms with Crippen LogP contribution in [0, 0.1) is 13.8 Å². The minimum absolute atomic E-state index is 0.0221. The van der Waals surface area contributed by atoms with Crippen LogP contribution >= 0.6 is 27.5 Å². The lowest BCUT2D eigenvalue weighted by Gasteiger charge is -2.08. The van der Waals surface area contributed by atoms with Crippen molar-refractivity contribution in [2.45, 2.75) is 13.8 Å². The number of benzene rings is 1. The lowest BCUT2D eigenvalue weighted by molar-refractivity contribution is 0.318. The number of nitrogens with zero attached hydrogens (tertiary/aromatic N) is 3. The first kappa shape index (κ1) is 13.9. The lowest BCUT2D eigenvalue weighted by Crippen LogP contribution is -2.14. The Kier molecular flexibility index (Phi) is 3.82. The zero-order chi connectivity index (χ0) is 14.2. The summed E-state index contributed by atoms with van der Waals surface area (Å²) in [6.07, 6.45) is 0. The van der Waals surface area contributed by atoms with Crippen molar-refractivity contribution in [2.75, 3.05) is 0 Å². The Morgan fingerprint density at radius 2 is 2.16 bits per heavy atom. The average molecular weight is 344 g/mol. The smallest absolute Gasteiger partial charge is 0.171 e. The number of oxime groups is 1. The maximum atomic E-state index is 8.66. The van der Waals surface area contributed by atoms with E-state index in [4.69, 9.17) is 22.5 Å². The van der Waals surface area contributed by atoms with Crippen LogP contribution in [0.5, 0.6) is 0 Å². The summed E-state index contributed by atoms with van der Waals surface area (Å²) in [5.74, 6) is -0.0221. The number of hydrogen-bond acceptors (Lipinski definition) is 3. The fourth-order valence-electron chi connectivity index (χ4n) is 1.77. The van der Waals surface area contributed by atoms with Gasteiger partial charge >= 0.3 is 0 Å². The van der Waals surface area contributed by atoms with E-state index in [1.54, 1.807) is 16.8 Å². The Bertz CT molecular complexity index is 666. The normalized spacial score (nSPS) is 11.9. The third-order valence-corrected chi connectivity index (χ3v) is 4.24. The second-order valence-electron chi connectivity index (χ2n) is 4.05. The van der Waals surface area contributed by atoms with Crippen LogP contribution in [-0.2, 0) is 0 Å². The summed E-state index contributed by atoms with van der Waals surface area (Å²) < 4.78 is 2.74. The Morgan fingerprint density at radius 1 is 1.47 bits per heavy atom. The molecule has 0 spiro atoms. The zero-order valence-corrected chi connectivity index (χ0v) is 12.7. The SMILES string of the molecule is Cc1nn(-c2ccc(C(N)=NO)c(Cl)c2)c(C)c1Br. The predicted octanol–water partition coefficient (Wildman–Crippen LogP) is 3.00. The van der Waals surface area contributed by atoms with Crippen molar-refractivity contribution in [3.63, 3.8) is 0 Å². The number of hydrogen-bond donors (Lipinski definition) is 2. The van der Waals surface area contributed by atoms with Gasteiger partial charge in [0.05, 0.1) is 26.6 Å². The highest BCUT2D eigenvalue weighted by Crippen LogP contribution is 2.25. The largest absolute Gasteiger partial charge is 0.409 e. The van der Waals surface area contributed by atoms with E-state index in [1.165, 1.54) is 0 Å². The Balaban J connectivity index is 2.53. The van der Waals surface area contributed by atoms with Crippen LogP contribution in [0.15, 0.2) is 27.8 Å². The van der Waals surface area contributed by atoms with Crippen molar-refractivity contribution >= 4 is 33.4 Å². The molecule has 100 valence electrons. The molecule has 0 unspecified atom stereocenters. The monoisotopic (exact) mass is 342 g/mol. The van der Waals surface area contributed by atoms with Crippen LogP contribution in [-0.4, -0.2) is 20.8 Å². The minimum Gasteiger partial charge on any atom is -0.409 e. The van der Waals surface area contributed by atoms with E-state index in [-0.39, 0.29) is 5.84 Å². The summed E-state index contributed by atoms with van der Waals surface area (Å²) >= 11 is 9.60. The number of aryl methyl sites for hydroxylation is 1. The van der Waals surface area contributed by atoms with Gasteiger partial charge in [0.1, 0.15) is 0 Å². The van der Waals surface area contributed by atoms with E-state index >= 15 is 0 Å². The van der Waals surface area contributed by atoms with Crippen LogP contribution in [0.4, 0.5) is 0 Å². The third kappa shape index (κ3) is 2.46. The molecule has 3 N–H and O–H groups in total. The first-order valence-electron chi connectivity index (χ1n) is 5.45. The molecule has 2 aromatic rings. The van der Waals surface area contributed by atoms with Crippen LogP contribution in [0.3, 0.4) is 0 Å². The number of halogens is 2. The Labute approximate surface area is 123 Å². The summed E-state index contributed by atoms with van der Waals surface area (Å²) in [5, 5.41) is 16.4. The summed E-state index contributed by atoms with van der Waals surface area (Å²) in [6.45, 7) is 3.87. The molecule has 0 aliphatic carbocycles. The van der Waals surface area contributed by atoms with Gasteiger partial charge in [0.15, 0.2) is 5.84 Å². The second kappa shape index (κ2) is 5.22. The molecule has 0 radical (unpaired) electrons. The van der Waals surface area contributed by atoms with E-state index in [0.29, 0.717) is 10.6 Å². The van der Waals surface area contributed by atoms with Gasteiger partial charge in [0.2, 0.25) is 0 Å². The molecule has 1 aromatic carbocycles. The van der Waals surface area contributed by atoms with Gasteiger partial charge in [0.25, 0.3) is 0 Å². The fraction of sp³-hybridized carbons (Fsp3) is 0.167. The van der Waals surface area contributed by atoms with Crippen molar-refractivity contribution in [1.82, 2.24) is 9.78 Å². The molecule has 0 bridgehead atoms. The molecule has 0 fully saturated rings. The fourth-order valence-corrected chi connectivity index (χ4v) is 2.29. The van der Waals surface area contributed by atoms with Gasteiger partial charge in [-0.25, -0.2) is 4.68 Å². The van der Waals surface area contributed by atoms with Gasteiger partial charge in [-0.2, -0.15) is 5.10 Å². The highest BCUT2D eigenvalue weighted by molar-refractivity contribution is 9.10. The number of nitrogens with two attached hydrogens (primary N) is 1. The zero-order valence-electron chi connectivity index (χ0n) is 10.4. The van der Waals surface area contributed by atoms with Crippen LogP contribution in [0.25, 0.3) is 5.69 Å². The van der Waals surface area contributed by atoms with Crippen molar-refractivity contribution < 1.29 is 5.21 Å². The van der Waals surface area contributed by atoms with Gasteiger partial charge in [0, 0.05) is 5.56 Å². The van der Waals surface area contributed by atoms with Gasteiger partial charge in [-0.05, 0) is 48.0 Å². The topological polar surface area (TPSA) is 76.4 Å². The highest BCUT2D eigenvalue weighted by atomic mass is 79.9. The molecule has 2 rings (SSSR count). The molecule has 1 heterocycles. The molecular formula is C12H12BrClN4O. The second-order valence-corrected chi connectivity index (χ2v) is 5.25. The Morgan fingerprint density at radius 3 is 2.63 bits per heavy atom. The quantitative estimate of drug-likeness (QED) is 0.381. The first-order chi connectivity index (χ1) is 8.95. The molecule has 0 atom stereocenters. The number of aromatic nitrogens is 2. The van der Waals surface area contributed by atoms with E-state index in [0.717, 1.165) is 21.5 Å². The minimum atomic E-state index is -0.0221. The molecule has 0 aliphatic rings. The van der Waals surface area contributed by atoms with E-state index < -0.39 is 0 Å². The molecule has 0 saturated heterocycles. The molecule has 0 saturated carbocycles. The highest BCUT2D eigenvalue weighted by Gasteiger charge is 2.12. The molecule has 19 heavy (non-hydrogen) atoms. The molecular weight excluding hydrogens is 332 g/mol. The van der Waals surface area contributed by atoms with Gasteiger partial charge in [-0.3, -0.25) is 0 Å². The van der Waals surface area contributed by atoms with Gasteiger partial charge in [-0.1, -0.05) is 16.8 Å². The lowest BCUT2D eigenvalue weighted by atomic mass is 10.2. The van der Waals surface area contributed by atoms with E-state index in [1.807, 2.05) is 19.9 Å². The van der Waals surface area contributed by atoms with Crippen LogP contribution in [0.2, 0.25) is 5.02 Å². The molecule has 5 nitrogen and oxygen atoms in total. The molecule has 7 heteroatoms. The first-order valence-corrected chi connectivity index (χ1v) is 6.62. The van der Waals surface area contributed by atoms with Gasteiger partial charge in [-0.15, -0.1) is 0 Å². The molecule has 1 aromatic heterocycles. The van der Waals surface area contributed by atoms with Gasteiger partial charge < -0.3 is 10.9 Å². The maximum Gasteiger partial charge on any atom is 0.171 e. The van der Waals surface area contributed by atoms with Crippen LogP contribution < -0.4 is 5.73 Å².